The lowest BCUT2D eigenvalue weighted by molar-refractivity contribution is -0.136. The van der Waals surface area contributed by atoms with Gasteiger partial charge in [0.05, 0.1) is 11.3 Å². The van der Waals surface area contributed by atoms with Crippen LogP contribution in [-0.2, 0) is 19.3 Å². The Kier molecular flexibility index (Phi) is 4.81. The van der Waals surface area contributed by atoms with E-state index in [1.807, 2.05) is 6.92 Å². The van der Waals surface area contributed by atoms with Crippen LogP contribution in [0, 0.1) is 0 Å². The van der Waals surface area contributed by atoms with Gasteiger partial charge in [0.15, 0.2) is 0 Å². The van der Waals surface area contributed by atoms with Gasteiger partial charge >= 0.3 is 6.18 Å². The van der Waals surface area contributed by atoms with E-state index in [1.165, 1.54) is 23.1 Å². The molecule has 10 heteroatoms. The number of rotatable bonds is 5. The zero-order valence-electron chi connectivity index (χ0n) is 16.3. The van der Waals surface area contributed by atoms with Gasteiger partial charge in [-0.1, -0.05) is 6.92 Å². The van der Waals surface area contributed by atoms with E-state index in [2.05, 4.69) is 20.6 Å². The fourth-order valence-electron chi connectivity index (χ4n) is 3.63. The third-order valence-electron chi connectivity index (χ3n) is 5.06. The molecule has 0 radical (unpaired) electrons. The van der Waals surface area contributed by atoms with Crippen LogP contribution in [0.15, 0.2) is 24.4 Å². The van der Waals surface area contributed by atoms with Gasteiger partial charge in [0.1, 0.15) is 17.2 Å². The van der Waals surface area contributed by atoms with Crippen LogP contribution in [0.4, 0.5) is 24.7 Å². The molecule has 0 atom stereocenters. The molecule has 0 bridgehead atoms. The molecule has 2 aromatic heterocycles. The molecule has 0 saturated carbocycles. The normalized spacial score (nSPS) is 13.9. The van der Waals surface area contributed by atoms with Crippen molar-refractivity contribution >= 4 is 28.4 Å². The van der Waals surface area contributed by atoms with Crippen molar-refractivity contribution in [2.45, 2.75) is 26.2 Å². The van der Waals surface area contributed by atoms with Crippen molar-refractivity contribution in [1.82, 2.24) is 20.2 Å². The third kappa shape index (κ3) is 3.43. The number of pyridine rings is 1. The summed E-state index contributed by atoms with van der Waals surface area (Å²) in [5.41, 5.74) is 1.14. The molecule has 7 nitrogen and oxygen atoms in total. The number of fused-ring (bicyclic) bond motifs is 2. The molecule has 3 aromatic rings. The summed E-state index contributed by atoms with van der Waals surface area (Å²) in [6.07, 6.45) is -3.61. The lowest BCUT2D eigenvalue weighted by Crippen LogP contribution is -2.17. The number of aromatic amines is 1. The molecule has 1 amide bonds. The average Bonchev–Trinajstić information content (AvgIpc) is 3.22. The number of phenolic OH excluding ortho intramolecular Hbond substituents is 1. The van der Waals surface area contributed by atoms with Gasteiger partial charge in [-0.15, -0.1) is 0 Å². The molecule has 4 rings (SSSR count). The number of phenols is 1. The monoisotopic (exact) mass is 419 g/mol. The topological polar surface area (TPSA) is 93.3 Å². The highest BCUT2D eigenvalue weighted by molar-refractivity contribution is 6.00. The summed E-state index contributed by atoms with van der Waals surface area (Å²) in [4.78, 5) is 20.6. The van der Waals surface area contributed by atoms with Crippen LogP contribution in [0.25, 0.3) is 11.0 Å². The minimum absolute atomic E-state index is 0.00368. The first-order valence-corrected chi connectivity index (χ1v) is 9.36. The van der Waals surface area contributed by atoms with E-state index in [4.69, 9.17) is 0 Å². The van der Waals surface area contributed by atoms with Crippen molar-refractivity contribution in [1.29, 1.82) is 0 Å². The van der Waals surface area contributed by atoms with Crippen LogP contribution in [-0.4, -0.2) is 39.5 Å². The number of alkyl halides is 3. The molecule has 158 valence electrons. The Morgan fingerprint density at radius 1 is 1.30 bits per heavy atom. The number of H-pyrrole nitrogens is 1. The molecule has 3 heterocycles. The molecular weight excluding hydrogens is 399 g/mol. The molecule has 0 saturated heterocycles. The summed E-state index contributed by atoms with van der Waals surface area (Å²) < 4.78 is 40.2. The number of amides is 1. The number of nitrogens with zero attached hydrogens (tertiary/aromatic N) is 2. The van der Waals surface area contributed by atoms with Gasteiger partial charge in [-0.25, -0.2) is 4.98 Å². The standard InChI is InChI=1S/C20H20F3N5O2/c1-3-24-7-10-5-16(27-18-17(10)13(8-25-18)20(21,22)23)26-14-6-12-11(4-15(14)29)9-28(2)19(12)30/h4-6,8,24,29H,3,7,9H2,1-2H3,(H2,25,26,27). The maximum Gasteiger partial charge on any atom is 0.418 e. The lowest BCUT2D eigenvalue weighted by atomic mass is 10.1. The minimum Gasteiger partial charge on any atom is -0.506 e. The molecule has 4 N–H and O–H groups in total. The number of nitrogens with one attached hydrogen (secondary N) is 3. The smallest absolute Gasteiger partial charge is 0.418 e. The number of aromatic nitrogens is 2. The maximum absolute atomic E-state index is 13.4. The van der Waals surface area contributed by atoms with Gasteiger partial charge in [-0.05, 0) is 35.9 Å². The minimum atomic E-state index is -4.51. The number of carbonyl (C=O) groups excluding carboxylic acids is 1. The summed E-state index contributed by atoms with van der Waals surface area (Å²) in [5.74, 6) is 0.0120. The lowest BCUT2D eigenvalue weighted by Gasteiger charge is -2.13. The number of halogens is 3. The second-order valence-corrected chi connectivity index (χ2v) is 7.18. The Morgan fingerprint density at radius 2 is 2.07 bits per heavy atom. The van der Waals surface area contributed by atoms with Crippen LogP contribution >= 0.6 is 0 Å². The van der Waals surface area contributed by atoms with Gasteiger partial charge in [0.2, 0.25) is 0 Å². The van der Waals surface area contributed by atoms with E-state index in [9.17, 15) is 23.1 Å². The number of aromatic hydroxyl groups is 1. The highest BCUT2D eigenvalue weighted by Crippen LogP contribution is 2.38. The Labute approximate surface area is 169 Å². The van der Waals surface area contributed by atoms with Gasteiger partial charge < -0.3 is 25.6 Å². The van der Waals surface area contributed by atoms with Crippen LogP contribution in [0.3, 0.4) is 0 Å². The van der Waals surface area contributed by atoms with Crippen molar-refractivity contribution in [3.8, 4) is 5.75 Å². The van der Waals surface area contributed by atoms with Crippen molar-refractivity contribution < 1.29 is 23.1 Å². The predicted octanol–water partition coefficient (Wildman–Crippen LogP) is 3.73. The van der Waals surface area contributed by atoms with Crippen molar-refractivity contribution in [3.63, 3.8) is 0 Å². The van der Waals surface area contributed by atoms with Gasteiger partial charge in [-0.2, -0.15) is 13.2 Å². The zero-order chi connectivity index (χ0) is 21.6. The van der Waals surface area contributed by atoms with Crippen LogP contribution in [0.5, 0.6) is 5.75 Å². The fourth-order valence-corrected chi connectivity index (χ4v) is 3.63. The molecule has 0 aliphatic carbocycles. The van der Waals surface area contributed by atoms with E-state index < -0.39 is 11.7 Å². The number of hydrogen-bond donors (Lipinski definition) is 4. The highest BCUT2D eigenvalue weighted by Gasteiger charge is 2.35. The quantitative estimate of drug-likeness (QED) is 0.473. The average molecular weight is 419 g/mol. The van der Waals surface area contributed by atoms with Crippen LogP contribution in [0.2, 0.25) is 0 Å². The Bertz CT molecular complexity index is 1140. The molecule has 30 heavy (non-hydrogen) atoms. The predicted molar refractivity (Wildman–Crippen MR) is 106 cm³/mol. The van der Waals surface area contributed by atoms with Gasteiger partial charge in [-0.3, -0.25) is 4.79 Å². The fraction of sp³-hybridized carbons (Fsp3) is 0.300. The second kappa shape index (κ2) is 7.21. The first-order chi connectivity index (χ1) is 14.2. The second-order valence-electron chi connectivity index (χ2n) is 7.18. The number of anilines is 2. The number of hydrogen-bond acceptors (Lipinski definition) is 5. The van der Waals surface area contributed by atoms with Gasteiger partial charge in [0.25, 0.3) is 5.91 Å². The number of carbonyl (C=O) groups is 1. The molecule has 1 aliphatic rings. The Hall–Kier alpha value is -3.27. The molecule has 0 unspecified atom stereocenters. The largest absolute Gasteiger partial charge is 0.506 e. The summed E-state index contributed by atoms with van der Waals surface area (Å²) in [7, 11) is 1.67. The van der Waals surface area contributed by atoms with E-state index in [0.29, 0.717) is 29.8 Å². The third-order valence-corrected chi connectivity index (χ3v) is 5.06. The molecule has 0 spiro atoms. The van der Waals surface area contributed by atoms with E-state index in [-0.39, 0.29) is 40.7 Å². The SMILES string of the molecule is CCNCc1cc(Nc2cc3c(cc2O)CN(C)C3=O)nc2[nH]cc(C(F)(F)F)c12. The Morgan fingerprint density at radius 3 is 2.77 bits per heavy atom. The van der Waals surface area contributed by atoms with Crippen LogP contribution < -0.4 is 10.6 Å². The first-order valence-electron chi connectivity index (χ1n) is 9.36. The zero-order valence-corrected chi connectivity index (χ0v) is 16.3. The Balaban J connectivity index is 1.76. The van der Waals surface area contributed by atoms with Crippen molar-refractivity contribution in [2.75, 3.05) is 18.9 Å². The first kappa shape index (κ1) is 20.0. The maximum atomic E-state index is 13.4. The summed E-state index contributed by atoms with van der Waals surface area (Å²) in [6, 6.07) is 4.55. The molecule has 0 fully saturated rings. The van der Waals surface area contributed by atoms with Crippen molar-refractivity contribution in [2.24, 2.45) is 0 Å². The summed E-state index contributed by atoms with van der Waals surface area (Å²) >= 11 is 0. The highest BCUT2D eigenvalue weighted by atomic mass is 19.4. The molecule has 1 aliphatic heterocycles. The number of benzene rings is 1. The van der Waals surface area contributed by atoms with E-state index in [0.717, 1.165) is 6.20 Å². The molecular formula is C20H20F3N5O2. The summed E-state index contributed by atoms with van der Waals surface area (Å²) in [6.45, 7) is 3.06. The van der Waals surface area contributed by atoms with Gasteiger partial charge in [0, 0.05) is 37.3 Å². The van der Waals surface area contributed by atoms with Crippen LogP contribution in [0.1, 0.15) is 34.0 Å². The summed E-state index contributed by atoms with van der Waals surface area (Å²) in [5, 5.41) is 16.3. The molecule has 1 aromatic carbocycles. The van der Waals surface area contributed by atoms with E-state index >= 15 is 0 Å². The van der Waals surface area contributed by atoms with Crippen molar-refractivity contribution in [3.05, 3.63) is 46.6 Å². The van der Waals surface area contributed by atoms with E-state index in [1.54, 1.807) is 7.05 Å².